The lowest BCUT2D eigenvalue weighted by Gasteiger charge is -2.34. The second-order valence-corrected chi connectivity index (χ2v) is 7.03. The number of halogens is 4. The van der Waals surface area contributed by atoms with Crippen molar-refractivity contribution in [3.05, 3.63) is 70.5 Å². The molecular formula is C21H20F4N4O. The molecule has 1 N–H and O–H groups in total. The normalized spacial score (nSPS) is 15.0. The van der Waals surface area contributed by atoms with E-state index in [9.17, 15) is 22.4 Å². The highest BCUT2D eigenvalue weighted by molar-refractivity contribution is 5.74. The Morgan fingerprint density at radius 2 is 1.73 bits per heavy atom. The number of carbonyl (C=O) groups excluding carboxylic acids is 1. The number of amides is 2. The highest BCUT2D eigenvalue weighted by Crippen LogP contribution is 2.32. The molecule has 2 aromatic carbocycles. The van der Waals surface area contributed by atoms with Crippen LogP contribution in [0.25, 0.3) is 0 Å². The molecule has 1 heterocycles. The molecule has 30 heavy (non-hydrogen) atoms. The lowest BCUT2D eigenvalue weighted by Crippen LogP contribution is -2.51. The fraction of sp³-hybridized carbons (Fsp3) is 0.333. The van der Waals surface area contributed by atoms with E-state index < -0.39 is 17.8 Å². The quantitative estimate of drug-likeness (QED) is 0.767. The van der Waals surface area contributed by atoms with Gasteiger partial charge in [-0.1, -0.05) is 18.2 Å². The summed E-state index contributed by atoms with van der Waals surface area (Å²) in [5, 5.41) is 11.4. The van der Waals surface area contributed by atoms with Crippen LogP contribution in [0, 0.1) is 17.1 Å². The number of hydrogen-bond acceptors (Lipinski definition) is 3. The smallest absolute Gasteiger partial charge is 0.334 e. The summed E-state index contributed by atoms with van der Waals surface area (Å²) >= 11 is 0. The number of hydrogen-bond donors (Lipinski definition) is 1. The largest absolute Gasteiger partial charge is 0.416 e. The van der Waals surface area contributed by atoms with Crippen molar-refractivity contribution in [2.24, 2.45) is 0 Å². The molecule has 0 atom stereocenters. The molecule has 1 saturated heterocycles. The van der Waals surface area contributed by atoms with E-state index in [-0.39, 0.29) is 23.5 Å². The van der Waals surface area contributed by atoms with Gasteiger partial charge in [-0.05, 0) is 35.4 Å². The molecule has 0 aromatic heterocycles. The standard InChI is InChI=1S/C21H20F4N4O/c22-18-5-2-15(3-6-18)14-28-7-9-29(10-8-28)20(30)27-13-17-4-1-16(12-26)11-19(17)21(23,24)25/h1-6,11H,7-10,13-14H2,(H,27,30). The van der Waals surface area contributed by atoms with Gasteiger partial charge in [0.2, 0.25) is 0 Å². The van der Waals surface area contributed by atoms with Gasteiger partial charge in [-0.25, -0.2) is 9.18 Å². The zero-order chi connectivity index (χ0) is 21.7. The minimum atomic E-state index is -4.61. The van der Waals surface area contributed by atoms with Gasteiger partial charge in [0.15, 0.2) is 0 Å². The van der Waals surface area contributed by atoms with E-state index in [1.54, 1.807) is 23.1 Å². The second-order valence-electron chi connectivity index (χ2n) is 7.03. The van der Waals surface area contributed by atoms with Gasteiger partial charge in [-0.2, -0.15) is 18.4 Å². The molecule has 5 nitrogen and oxygen atoms in total. The average Bonchev–Trinajstić information content (AvgIpc) is 2.73. The van der Waals surface area contributed by atoms with Gasteiger partial charge in [-0.15, -0.1) is 0 Å². The van der Waals surface area contributed by atoms with Crippen molar-refractivity contribution in [3.63, 3.8) is 0 Å². The van der Waals surface area contributed by atoms with Crippen molar-refractivity contribution in [2.45, 2.75) is 19.3 Å². The third kappa shape index (κ3) is 5.48. The van der Waals surface area contributed by atoms with Crippen molar-refractivity contribution in [3.8, 4) is 6.07 Å². The molecule has 2 aromatic rings. The zero-order valence-corrected chi connectivity index (χ0v) is 16.0. The number of carbonyl (C=O) groups is 1. The first-order chi connectivity index (χ1) is 14.3. The predicted octanol–water partition coefficient (Wildman–Crippen LogP) is 3.74. The number of nitrogens with zero attached hydrogens (tertiary/aromatic N) is 3. The number of benzene rings is 2. The molecule has 0 saturated carbocycles. The summed E-state index contributed by atoms with van der Waals surface area (Å²) in [6.07, 6.45) is -4.61. The summed E-state index contributed by atoms with van der Waals surface area (Å²) in [6.45, 7) is 2.44. The molecule has 1 fully saturated rings. The van der Waals surface area contributed by atoms with E-state index in [1.807, 2.05) is 0 Å². The number of nitrogens with one attached hydrogen (secondary N) is 1. The first kappa shape index (κ1) is 21.6. The van der Waals surface area contributed by atoms with Crippen LogP contribution >= 0.6 is 0 Å². The minimum Gasteiger partial charge on any atom is -0.334 e. The van der Waals surface area contributed by atoms with E-state index in [2.05, 4.69) is 10.2 Å². The highest BCUT2D eigenvalue weighted by Gasteiger charge is 2.33. The van der Waals surface area contributed by atoms with E-state index in [4.69, 9.17) is 5.26 Å². The molecule has 9 heteroatoms. The fourth-order valence-corrected chi connectivity index (χ4v) is 3.30. The van der Waals surface area contributed by atoms with Gasteiger partial charge < -0.3 is 10.2 Å². The number of alkyl halides is 3. The Hall–Kier alpha value is -3.12. The monoisotopic (exact) mass is 420 g/mol. The van der Waals surface area contributed by atoms with Crippen LogP contribution in [0.3, 0.4) is 0 Å². The molecule has 0 aliphatic carbocycles. The summed E-state index contributed by atoms with van der Waals surface area (Å²) < 4.78 is 52.7. The first-order valence-electron chi connectivity index (χ1n) is 9.36. The molecule has 3 rings (SSSR count). The van der Waals surface area contributed by atoms with Gasteiger partial charge in [0.05, 0.1) is 17.2 Å². The van der Waals surface area contributed by atoms with Crippen LogP contribution in [-0.4, -0.2) is 42.0 Å². The Labute approximate surface area is 171 Å². The summed E-state index contributed by atoms with van der Waals surface area (Å²) in [5.41, 5.74) is -0.139. The summed E-state index contributed by atoms with van der Waals surface area (Å²) in [6, 6.07) is 10.8. The molecule has 1 aliphatic heterocycles. The van der Waals surface area contributed by atoms with E-state index >= 15 is 0 Å². The lowest BCUT2D eigenvalue weighted by molar-refractivity contribution is -0.138. The Morgan fingerprint density at radius 3 is 2.33 bits per heavy atom. The molecular weight excluding hydrogens is 400 g/mol. The highest BCUT2D eigenvalue weighted by atomic mass is 19.4. The Bertz CT molecular complexity index is 930. The molecule has 1 aliphatic rings. The van der Waals surface area contributed by atoms with Gasteiger partial charge >= 0.3 is 12.2 Å². The van der Waals surface area contributed by atoms with Crippen LogP contribution < -0.4 is 5.32 Å². The van der Waals surface area contributed by atoms with Crippen LogP contribution in [0.4, 0.5) is 22.4 Å². The molecule has 0 spiro atoms. The average molecular weight is 420 g/mol. The number of piperazine rings is 1. The molecule has 0 radical (unpaired) electrons. The maximum absolute atomic E-state index is 13.2. The van der Waals surface area contributed by atoms with Crippen LogP contribution in [-0.2, 0) is 19.3 Å². The zero-order valence-electron chi connectivity index (χ0n) is 16.0. The number of nitriles is 1. The molecule has 2 amide bonds. The first-order valence-corrected chi connectivity index (χ1v) is 9.36. The Balaban J connectivity index is 1.53. The molecule has 0 bridgehead atoms. The van der Waals surface area contributed by atoms with Crippen molar-refractivity contribution in [2.75, 3.05) is 26.2 Å². The SMILES string of the molecule is N#Cc1ccc(CNC(=O)N2CCN(Cc3ccc(F)cc3)CC2)c(C(F)(F)F)c1. The van der Waals surface area contributed by atoms with Gasteiger partial charge in [0.25, 0.3) is 0 Å². The summed E-state index contributed by atoms with van der Waals surface area (Å²) in [7, 11) is 0. The van der Waals surface area contributed by atoms with Crippen LogP contribution in [0.1, 0.15) is 22.3 Å². The molecule has 0 unspecified atom stereocenters. The second kappa shape index (κ2) is 9.13. The van der Waals surface area contributed by atoms with Crippen LogP contribution in [0.15, 0.2) is 42.5 Å². The van der Waals surface area contributed by atoms with E-state index in [1.165, 1.54) is 24.3 Å². The van der Waals surface area contributed by atoms with Crippen molar-refractivity contribution >= 4 is 6.03 Å². The lowest BCUT2D eigenvalue weighted by atomic mass is 10.0. The third-order valence-electron chi connectivity index (χ3n) is 4.95. The third-order valence-corrected chi connectivity index (χ3v) is 4.95. The van der Waals surface area contributed by atoms with Crippen LogP contribution in [0.2, 0.25) is 0 Å². The van der Waals surface area contributed by atoms with Crippen LogP contribution in [0.5, 0.6) is 0 Å². The van der Waals surface area contributed by atoms with Gasteiger partial charge in [-0.3, -0.25) is 4.90 Å². The predicted molar refractivity (Wildman–Crippen MR) is 102 cm³/mol. The number of urea groups is 1. The fourth-order valence-electron chi connectivity index (χ4n) is 3.30. The maximum atomic E-state index is 13.2. The summed E-state index contributed by atoms with van der Waals surface area (Å²) in [4.78, 5) is 16.1. The van der Waals surface area contributed by atoms with Gasteiger partial charge in [0, 0.05) is 39.3 Å². The number of rotatable bonds is 4. The van der Waals surface area contributed by atoms with Crippen molar-refractivity contribution in [1.82, 2.24) is 15.1 Å². The molecule has 158 valence electrons. The maximum Gasteiger partial charge on any atom is 0.416 e. The van der Waals surface area contributed by atoms with Crippen molar-refractivity contribution < 1.29 is 22.4 Å². The minimum absolute atomic E-state index is 0.0883. The van der Waals surface area contributed by atoms with Crippen molar-refractivity contribution in [1.29, 1.82) is 5.26 Å². The topological polar surface area (TPSA) is 59.4 Å². The Morgan fingerprint density at radius 1 is 1.07 bits per heavy atom. The van der Waals surface area contributed by atoms with Gasteiger partial charge in [0.1, 0.15) is 5.82 Å². The Kier molecular flexibility index (Phi) is 6.57. The summed E-state index contributed by atoms with van der Waals surface area (Å²) in [5.74, 6) is -0.295. The van der Waals surface area contributed by atoms with E-state index in [0.717, 1.165) is 11.6 Å². The van der Waals surface area contributed by atoms with E-state index in [0.29, 0.717) is 32.7 Å².